The van der Waals surface area contributed by atoms with Crippen molar-refractivity contribution in [3.05, 3.63) is 46.2 Å². The molecule has 0 spiro atoms. The SMILES string of the molecule is COc1ccc(C(=O)c2cc(OC)cs2)cc1. The van der Waals surface area contributed by atoms with E-state index in [2.05, 4.69) is 0 Å². The quantitative estimate of drug-likeness (QED) is 0.780. The summed E-state index contributed by atoms with van der Waals surface area (Å²) in [5.74, 6) is 1.46. The number of ketones is 1. The van der Waals surface area contributed by atoms with E-state index in [0.717, 1.165) is 5.75 Å². The van der Waals surface area contributed by atoms with Crippen LogP contribution in [0.15, 0.2) is 35.7 Å². The Labute approximate surface area is 104 Å². The average molecular weight is 248 g/mol. The molecule has 0 saturated heterocycles. The van der Waals surface area contributed by atoms with E-state index in [1.807, 2.05) is 5.38 Å². The first-order valence-corrected chi connectivity index (χ1v) is 5.94. The summed E-state index contributed by atoms with van der Waals surface area (Å²) in [4.78, 5) is 12.8. The van der Waals surface area contributed by atoms with Crippen molar-refractivity contribution in [2.45, 2.75) is 0 Å². The Balaban J connectivity index is 2.23. The molecular weight excluding hydrogens is 236 g/mol. The normalized spacial score (nSPS) is 10.0. The molecule has 0 atom stereocenters. The van der Waals surface area contributed by atoms with Gasteiger partial charge in [-0.05, 0) is 24.3 Å². The van der Waals surface area contributed by atoms with Gasteiger partial charge in [0.2, 0.25) is 5.78 Å². The van der Waals surface area contributed by atoms with Gasteiger partial charge in [0.1, 0.15) is 11.5 Å². The second kappa shape index (κ2) is 5.01. The van der Waals surface area contributed by atoms with E-state index >= 15 is 0 Å². The van der Waals surface area contributed by atoms with Crippen LogP contribution >= 0.6 is 11.3 Å². The maximum atomic E-state index is 12.1. The van der Waals surface area contributed by atoms with Gasteiger partial charge in [0.05, 0.1) is 19.1 Å². The number of thiophene rings is 1. The Morgan fingerprint density at radius 1 is 1.06 bits per heavy atom. The molecule has 1 aromatic heterocycles. The lowest BCUT2D eigenvalue weighted by Gasteiger charge is -2.01. The number of ether oxygens (including phenoxy) is 2. The molecule has 1 aromatic carbocycles. The molecule has 0 aliphatic heterocycles. The average Bonchev–Trinajstić information content (AvgIpc) is 2.87. The molecule has 0 bridgehead atoms. The minimum Gasteiger partial charge on any atom is -0.497 e. The third-order valence-electron chi connectivity index (χ3n) is 2.39. The van der Waals surface area contributed by atoms with E-state index in [1.165, 1.54) is 11.3 Å². The lowest BCUT2D eigenvalue weighted by molar-refractivity contribution is 0.104. The third kappa shape index (κ3) is 2.47. The van der Waals surface area contributed by atoms with Crippen molar-refractivity contribution < 1.29 is 14.3 Å². The smallest absolute Gasteiger partial charge is 0.203 e. The number of benzene rings is 1. The number of hydrogen-bond donors (Lipinski definition) is 0. The fraction of sp³-hybridized carbons (Fsp3) is 0.154. The number of methoxy groups -OCH3 is 2. The largest absolute Gasteiger partial charge is 0.497 e. The van der Waals surface area contributed by atoms with Crippen LogP contribution in [0, 0.1) is 0 Å². The summed E-state index contributed by atoms with van der Waals surface area (Å²) in [7, 11) is 3.19. The summed E-state index contributed by atoms with van der Waals surface area (Å²) in [6, 6.07) is 8.81. The standard InChI is InChI=1S/C13H12O3S/c1-15-10-5-3-9(4-6-10)13(14)12-7-11(16-2)8-17-12/h3-8H,1-2H3. The van der Waals surface area contributed by atoms with Crippen LogP contribution in [0.1, 0.15) is 15.2 Å². The monoisotopic (exact) mass is 248 g/mol. The maximum absolute atomic E-state index is 12.1. The summed E-state index contributed by atoms with van der Waals surface area (Å²) in [5, 5.41) is 1.82. The molecule has 4 heteroatoms. The van der Waals surface area contributed by atoms with Crippen molar-refractivity contribution in [1.82, 2.24) is 0 Å². The third-order valence-corrected chi connectivity index (χ3v) is 3.29. The first-order valence-electron chi connectivity index (χ1n) is 5.06. The fourth-order valence-electron chi connectivity index (χ4n) is 1.43. The minimum atomic E-state index is 0.000882. The molecule has 0 saturated carbocycles. The van der Waals surface area contributed by atoms with Gasteiger partial charge in [-0.25, -0.2) is 0 Å². The Hall–Kier alpha value is -1.81. The predicted octanol–water partition coefficient (Wildman–Crippen LogP) is 3.00. The van der Waals surface area contributed by atoms with Crippen molar-refractivity contribution in [2.75, 3.05) is 14.2 Å². The Morgan fingerprint density at radius 3 is 2.24 bits per heavy atom. The highest BCUT2D eigenvalue weighted by atomic mass is 32.1. The first-order chi connectivity index (χ1) is 8.24. The topological polar surface area (TPSA) is 35.5 Å². The zero-order valence-corrected chi connectivity index (χ0v) is 10.4. The Kier molecular flexibility index (Phi) is 3.44. The Morgan fingerprint density at radius 2 is 1.71 bits per heavy atom. The molecule has 0 unspecified atom stereocenters. The minimum absolute atomic E-state index is 0.000882. The van der Waals surface area contributed by atoms with Crippen LogP contribution in [-0.2, 0) is 0 Å². The van der Waals surface area contributed by atoms with Crippen LogP contribution in [0.3, 0.4) is 0 Å². The van der Waals surface area contributed by atoms with E-state index in [9.17, 15) is 4.79 Å². The van der Waals surface area contributed by atoms with Gasteiger partial charge in [0.25, 0.3) is 0 Å². The zero-order chi connectivity index (χ0) is 12.3. The van der Waals surface area contributed by atoms with Crippen molar-refractivity contribution in [2.24, 2.45) is 0 Å². The lowest BCUT2D eigenvalue weighted by Crippen LogP contribution is -1.98. The van der Waals surface area contributed by atoms with Crippen molar-refractivity contribution in [1.29, 1.82) is 0 Å². The highest BCUT2D eigenvalue weighted by Crippen LogP contribution is 2.24. The molecule has 0 fully saturated rings. The molecule has 0 N–H and O–H groups in total. The second-order valence-electron chi connectivity index (χ2n) is 3.41. The summed E-state index contributed by atoms with van der Waals surface area (Å²) in [6.07, 6.45) is 0. The van der Waals surface area contributed by atoms with E-state index in [-0.39, 0.29) is 5.78 Å². The molecule has 0 radical (unpaired) electrons. The lowest BCUT2D eigenvalue weighted by atomic mass is 10.1. The zero-order valence-electron chi connectivity index (χ0n) is 9.60. The molecule has 2 rings (SSSR count). The van der Waals surface area contributed by atoms with Gasteiger partial charge in [-0.3, -0.25) is 4.79 Å². The first kappa shape index (κ1) is 11.7. The van der Waals surface area contributed by atoms with E-state index in [1.54, 1.807) is 44.6 Å². The summed E-state index contributed by atoms with van der Waals surface area (Å²) in [5.41, 5.74) is 0.648. The summed E-state index contributed by atoms with van der Waals surface area (Å²) < 4.78 is 10.1. The van der Waals surface area contributed by atoms with Crippen LogP contribution in [0.4, 0.5) is 0 Å². The van der Waals surface area contributed by atoms with Gasteiger partial charge in [-0.1, -0.05) is 0 Å². The van der Waals surface area contributed by atoms with Crippen LogP contribution in [-0.4, -0.2) is 20.0 Å². The number of carbonyl (C=O) groups is 1. The van der Waals surface area contributed by atoms with Gasteiger partial charge in [-0.15, -0.1) is 11.3 Å². The van der Waals surface area contributed by atoms with Crippen LogP contribution < -0.4 is 9.47 Å². The summed E-state index contributed by atoms with van der Waals surface area (Å²) in [6.45, 7) is 0. The van der Waals surface area contributed by atoms with Crippen LogP contribution in [0.25, 0.3) is 0 Å². The highest BCUT2D eigenvalue weighted by Gasteiger charge is 2.12. The highest BCUT2D eigenvalue weighted by molar-refractivity contribution is 7.12. The van der Waals surface area contributed by atoms with Gasteiger partial charge in [0.15, 0.2) is 0 Å². The van der Waals surface area contributed by atoms with Crippen LogP contribution in [0.2, 0.25) is 0 Å². The van der Waals surface area contributed by atoms with E-state index < -0.39 is 0 Å². The Bertz CT molecular complexity index is 514. The maximum Gasteiger partial charge on any atom is 0.203 e. The molecule has 0 amide bonds. The molecule has 0 aliphatic carbocycles. The van der Waals surface area contributed by atoms with E-state index in [0.29, 0.717) is 16.2 Å². The predicted molar refractivity (Wildman–Crippen MR) is 67.3 cm³/mol. The second-order valence-corrected chi connectivity index (χ2v) is 4.32. The van der Waals surface area contributed by atoms with E-state index in [4.69, 9.17) is 9.47 Å². The van der Waals surface area contributed by atoms with Crippen molar-refractivity contribution in [3.8, 4) is 11.5 Å². The van der Waals surface area contributed by atoms with Gasteiger partial charge in [-0.2, -0.15) is 0 Å². The number of rotatable bonds is 4. The van der Waals surface area contributed by atoms with Gasteiger partial charge < -0.3 is 9.47 Å². The van der Waals surface area contributed by atoms with Gasteiger partial charge >= 0.3 is 0 Å². The van der Waals surface area contributed by atoms with Crippen molar-refractivity contribution in [3.63, 3.8) is 0 Å². The molecule has 17 heavy (non-hydrogen) atoms. The fourth-order valence-corrected chi connectivity index (χ4v) is 2.25. The number of hydrogen-bond acceptors (Lipinski definition) is 4. The van der Waals surface area contributed by atoms with Crippen molar-refractivity contribution >= 4 is 17.1 Å². The summed E-state index contributed by atoms with van der Waals surface area (Å²) >= 11 is 1.38. The van der Waals surface area contributed by atoms with Crippen LogP contribution in [0.5, 0.6) is 11.5 Å². The molecule has 88 valence electrons. The molecule has 2 aromatic rings. The molecule has 1 heterocycles. The molecule has 3 nitrogen and oxygen atoms in total. The van der Waals surface area contributed by atoms with Gasteiger partial charge in [0, 0.05) is 17.0 Å². The number of carbonyl (C=O) groups excluding carboxylic acids is 1. The molecule has 0 aliphatic rings. The molecular formula is C13H12O3S.